The molecule has 4 aliphatic rings. The van der Waals surface area contributed by atoms with Gasteiger partial charge in [-0.05, 0) is 50.4 Å². The number of likely N-dealkylation sites (tertiary alicyclic amines) is 1. The summed E-state index contributed by atoms with van der Waals surface area (Å²) in [6.45, 7) is 1.05. The topological polar surface area (TPSA) is 38.8 Å². The Morgan fingerprint density at radius 1 is 1.41 bits per heavy atom. The minimum atomic E-state index is -0.284. The average molecular weight is 299 g/mol. The third-order valence-corrected chi connectivity index (χ3v) is 6.59. The van der Waals surface area contributed by atoms with E-state index in [1.54, 1.807) is 7.11 Å². The van der Waals surface area contributed by atoms with Crippen molar-refractivity contribution >= 4 is 5.78 Å². The molecule has 2 aliphatic heterocycles. The number of rotatable bonds is 1. The molecule has 1 aromatic carbocycles. The lowest BCUT2D eigenvalue weighted by Crippen LogP contribution is -2.65. The third kappa shape index (κ3) is 1.27. The molecule has 4 atom stereocenters. The van der Waals surface area contributed by atoms with Gasteiger partial charge in [0.25, 0.3) is 0 Å². The van der Waals surface area contributed by atoms with E-state index >= 15 is 0 Å². The molecule has 1 saturated carbocycles. The molecule has 2 aliphatic carbocycles. The molecular formula is C18H21NO3. The van der Waals surface area contributed by atoms with Crippen molar-refractivity contribution in [1.29, 1.82) is 0 Å². The normalized spacial score (nSPS) is 38.5. The van der Waals surface area contributed by atoms with Gasteiger partial charge in [0.15, 0.2) is 23.4 Å². The summed E-state index contributed by atoms with van der Waals surface area (Å²) in [4.78, 5) is 15.1. The van der Waals surface area contributed by atoms with Crippen LogP contribution in [-0.4, -0.2) is 43.5 Å². The third-order valence-electron chi connectivity index (χ3n) is 6.59. The summed E-state index contributed by atoms with van der Waals surface area (Å²) < 4.78 is 11.8. The Morgan fingerprint density at radius 2 is 2.27 bits per heavy atom. The molecule has 2 heterocycles. The van der Waals surface area contributed by atoms with Gasteiger partial charge in [0, 0.05) is 23.4 Å². The maximum Gasteiger partial charge on any atom is 0.174 e. The predicted molar refractivity (Wildman–Crippen MR) is 81.6 cm³/mol. The van der Waals surface area contributed by atoms with E-state index in [0.29, 0.717) is 18.4 Å². The number of ether oxygens (including phenoxy) is 2. The second kappa shape index (κ2) is 4.05. The smallest absolute Gasteiger partial charge is 0.174 e. The number of hydrogen-bond donors (Lipinski definition) is 0. The molecule has 2 bridgehead atoms. The van der Waals surface area contributed by atoms with Gasteiger partial charge in [0.1, 0.15) is 0 Å². The summed E-state index contributed by atoms with van der Waals surface area (Å²) in [5.41, 5.74) is 2.57. The Bertz CT molecular complexity index is 685. The minimum Gasteiger partial charge on any atom is -0.493 e. The number of Topliss-reactive ketones (excluding diaryl/α,β-unsaturated/α-hetero) is 1. The molecule has 1 spiro atoms. The number of carbonyl (C=O) groups excluding carboxylic acids is 1. The van der Waals surface area contributed by atoms with Crippen LogP contribution in [0.3, 0.4) is 0 Å². The number of carbonyl (C=O) groups is 1. The molecule has 5 rings (SSSR count). The highest BCUT2D eigenvalue weighted by Gasteiger charge is 2.65. The van der Waals surface area contributed by atoms with Crippen molar-refractivity contribution in [3.8, 4) is 11.5 Å². The molecule has 0 radical (unpaired) electrons. The maximum atomic E-state index is 12.6. The summed E-state index contributed by atoms with van der Waals surface area (Å²) in [7, 11) is 3.91. The molecule has 0 N–H and O–H groups in total. The quantitative estimate of drug-likeness (QED) is 0.794. The molecule has 1 aromatic rings. The zero-order chi connectivity index (χ0) is 15.1. The van der Waals surface area contributed by atoms with Crippen LogP contribution in [0.1, 0.15) is 30.4 Å². The van der Waals surface area contributed by atoms with E-state index in [4.69, 9.17) is 9.47 Å². The summed E-state index contributed by atoms with van der Waals surface area (Å²) in [6, 6.07) is 4.73. The van der Waals surface area contributed by atoms with Crippen molar-refractivity contribution in [2.24, 2.45) is 5.92 Å². The lowest BCUT2D eigenvalue weighted by molar-refractivity contribution is -0.138. The van der Waals surface area contributed by atoms with Gasteiger partial charge in [-0.1, -0.05) is 6.07 Å². The Kier molecular flexibility index (Phi) is 2.38. The molecule has 4 nitrogen and oxygen atoms in total. The van der Waals surface area contributed by atoms with Crippen molar-refractivity contribution < 1.29 is 14.3 Å². The van der Waals surface area contributed by atoms with E-state index in [9.17, 15) is 4.79 Å². The maximum absolute atomic E-state index is 12.6. The van der Waals surface area contributed by atoms with Crippen LogP contribution in [0.2, 0.25) is 0 Å². The van der Waals surface area contributed by atoms with Crippen molar-refractivity contribution in [2.75, 3.05) is 20.7 Å². The van der Waals surface area contributed by atoms with Crippen LogP contribution in [-0.2, 0) is 16.6 Å². The fraction of sp³-hybridized carbons (Fsp3) is 0.611. The Morgan fingerprint density at radius 3 is 3.09 bits per heavy atom. The number of likely N-dealkylation sites (N-methyl/N-ethyl adjacent to an activating group) is 1. The van der Waals surface area contributed by atoms with Crippen LogP contribution in [0.25, 0.3) is 0 Å². The molecule has 1 saturated heterocycles. The van der Waals surface area contributed by atoms with Gasteiger partial charge in [0.2, 0.25) is 0 Å². The second-order valence-electron chi connectivity index (χ2n) is 7.28. The Balaban J connectivity index is 1.81. The highest BCUT2D eigenvalue weighted by molar-refractivity contribution is 5.89. The monoisotopic (exact) mass is 299 g/mol. The number of piperidine rings is 1. The van der Waals surface area contributed by atoms with Crippen LogP contribution in [0.15, 0.2) is 12.1 Å². The van der Waals surface area contributed by atoms with Gasteiger partial charge < -0.3 is 14.4 Å². The average Bonchev–Trinajstić information content (AvgIpc) is 2.88. The molecule has 3 unspecified atom stereocenters. The fourth-order valence-corrected chi connectivity index (χ4v) is 5.67. The predicted octanol–water partition coefficient (Wildman–Crippen LogP) is 1.93. The zero-order valence-corrected chi connectivity index (χ0v) is 13.1. The molecule has 0 aromatic heterocycles. The number of hydrogen-bond acceptors (Lipinski definition) is 4. The molecular weight excluding hydrogens is 278 g/mol. The Hall–Kier alpha value is -1.55. The van der Waals surface area contributed by atoms with Crippen LogP contribution >= 0.6 is 0 Å². The summed E-state index contributed by atoms with van der Waals surface area (Å²) in [5.74, 6) is 2.46. The van der Waals surface area contributed by atoms with Crippen LogP contribution in [0, 0.1) is 5.92 Å². The molecule has 0 amide bonds. The molecule has 116 valence electrons. The van der Waals surface area contributed by atoms with Gasteiger partial charge in [-0.25, -0.2) is 0 Å². The van der Waals surface area contributed by atoms with Crippen molar-refractivity contribution in [1.82, 2.24) is 4.90 Å². The van der Waals surface area contributed by atoms with Gasteiger partial charge in [-0.3, -0.25) is 4.79 Å². The van der Waals surface area contributed by atoms with Gasteiger partial charge in [-0.15, -0.1) is 0 Å². The summed E-state index contributed by atoms with van der Waals surface area (Å²) in [5, 5.41) is 0. The van der Waals surface area contributed by atoms with E-state index in [2.05, 4.69) is 18.0 Å². The highest BCUT2D eigenvalue weighted by Crippen LogP contribution is 2.62. The van der Waals surface area contributed by atoms with E-state index in [0.717, 1.165) is 37.3 Å². The number of benzene rings is 1. The minimum absolute atomic E-state index is 0.0933. The molecule has 22 heavy (non-hydrogen) atoms. The van der Waals surface area contributed by atoms with Gasteiger partial charge in [0.05, 0.1) is 7.11 Å². The first-order valence-electron chi connectivity index (χ1n) is 8.27. The van der Waals surface area contributed by atoms with E-state index in [1.165, 1.54) is 11.1 Å². The fourth-order valence-electron chi connectivity index (χ4n) is 5.67. The highest BCUT2D eigenvalue weighted by atomic mass is 16.5. The van der Waals surface area contributed by atoms with E-state index in [-0.39, 0.29) is 17.3 Å². The lowest BCUT2D eigenvalue weighted by atomic mass is 9.52. The number of nitrogens with zero attached hydrogens (tertiary/aromatic N) is 1. The molecule has 4 heteroatoms. The largest absolute Gasteiger partial charge is 0.493 e. The van der Waals surface area contributed by atoms with E-state index < -0.39 is 0 Å². The van der Waals surface area contributed by atoms with Gasteiger partial charge in [-0.2, -0.15) is 0 Å². The number of methoxy groups -OCH3 is 1. The zero-order valence-electron chi connectivity index (χ0n) is 13.1. The van der Waals surface area contributed by atoms with Crippen molar-refractivity contribution in [3.05, 3.63) is 23.3 Å². The number of ketones is 1. The standard InChI is InChI=1S/C18H21NO3/c1-19-8-7-18-11-4-5-13(20)17(18)22-16-14(21-2)6-3-10(15(16)18)9-12(11)19/h3,6,11-12,17H,4-5,7-9H2,1-2H3/t11?,12?,17?,18-/m1/s1. The summed E-state index contributed by atoms with van der Waals surface area (Å²) in [6.07, 6.45) is 3.47. The van der Waals surface area contributed by atoms with Gasteiger partial charge >= 0.3 is 0 Å². The van der Waals surface area contributed by atoms with Crippen molar-refractivity contribution in [2.45, 2.75) is 43.2 Å². The van der Waals surface area contributed by atoms with Crippen LogP contribution < -0.4 is 9.47 Å². The SMILES string of the molecule is COc1ccc2c3c1OC1C(=O)CCC4C(C2)N(C)CC[C@@]314. The molecule has 2 fully saturated rings. The van der Waals surface area contributed by atoms with Crippen molar-refractivity contribution in [3.63, 3.8) is 0 Å². The lowest BCUT2D eigenvalue weighted by Gasteiger charge is -2.57. The summed E-state index contributed by atoms with van der Waals surface area (Å²) >= 11 is 0. The van der Waals surface area contributed by atoms with E-state index in [1.807, 2.05) is 6.07 Å². The van der Waals surface area contributed by atoms with Crippen LogP contribution in [0.5, 0.6) is 11.5 Å². The Labute approximate surface area is 130 Å². The first-order valence-corrected chi connectivity index (χ1v) is 8.27. The first kappa shape index (κ1) is 12.9. The van der Waals surface area contributed by atoms with Crippen LogP contribution in [0.4, 0.5) is 0 Å². The second-order valence-corrected chi connectivity index (χ2v) is 7.28. The first-order chi connectivity index (χ1) is 10.7.